The standard InChI is InChI=1S/C16H15ClN4O/c1-9(10-5-6-10)15-20-13-4-2-3-12(17)14(13)16(22)21(15)11-7-18-19-8-11/h2-4,7-10H,5-6H2,1H3,(H,18,19)/t9-/m0/s1. The Labute approximate surface area is 132 Å². The summed E-state index contributed by atoms with van der Waals surface area (Å²) in [6, 6.07) is 5.38. The number of hydrogen-bond acceptors (Lipinski definition) is 3. The van der Waals surface area contributed by atoms with E-state index in [1.54, 1.807) is 23.0 Å². The summed E-state index contributed by atoms with van der Waals surface area (Å²) < 4.78 is 1.64. The fourth-order valence-electron chi connectivity index (χ4n) is 2.94. The lowest BCUT2D eigenvalue weighted by Crippen LogP contribution is -2.25. The number of fused-ring (bicyclic) bond motifs is 1. The maximum atomic E-state index is 13.0. The molecule has 1 aliphatic rings. The Hall–Kier alpha value is -2.14. The molecule has 1 fully saturated rings. The fourth-order valence-corrected chi connectivity index (χ4v) is 3.19. The molecule has 2 aromatic heterocycles. The normalized spacial score (nSPS) is 16.1. The first-order chi connectivity index (χ1) is 10.7. The lowest BCUT2D eigenvalue weighted by molar-refractivity contribution is 0.599. The molecule has 5 nitrogen and oxygen atoms in total. The molecule has 0 radical (unpaired) electrons. The Morgan fingerprint density at radius 3 is 2.91 bits per heavy atom. The molecule has 112 valence electrons. The zero-order valence-electron chi connectivity index (χ0n) is 12.1. The number of nitrogens with zero attached hydrogens (tertiary/aromatic N) is 3. The molecule has 4 rings (SSSR count). The van der Waals surface area contributed by atoms with Gasteiger partial charge in [0, 0.05) is 12.1 Å². The average molecular weight is 315 g/mol. The summed E-state index contributed by atoms with van der Waals surface area (Å²) in [6.45, 7) is 2.13. The van der Waals surface area contributed by atoms with Crippen LogP contribution in [0.4, 0.5) is 0 Å². The van der Waals surface area contributed by atoms with Crippen molar-refractivity contribution in [3.05, 3.63) is 51.8 Å². The number of hydrogen-bond donors (Lipinski definition) is 1. The van der Waals surface area contributed by atoms with Crippen LogP contribution in [0.1, 0.15) is 31.5 Å². The Morgan fingerprint density at radius 2 is 2.23 bits per heavy atom. The number of nitrogens with one attached hydrogen (secondary N) is 1. The van der Waals surface area contributed by atoms with Gasteiger partial charge in [-0.3, -0.25) is 14.5 Å². The van der Waals surface area contributed by atoms with Crippen LogP contribution in [-0.4, -0.2) is 19.7 Å². The summed E-state index contributed by atoms with van der Waals surface area (Å²) in [5, 5.41) is 7.60. The minimum atomic E-state index is -0.139. The van der Waals surface area contributed by atoms with E-state index in [4.69, 9.17) is 16.6 Å². The predicted octanol–water partition coefficient (Wildman–Crippen LogP) is 3.28. The highest BCUT2D eigenvalue weighted by Gasteiger charge is 2.32. The van der Waals surface area contributed by atoms with Gasteiger partial charge in [0.15, 0.2) is 0 Å². The van der Waals surface area contributed by atoms with Crippen LogP contribution in [0, 0.1) is 5.92 Å². The van der Waals surface area contributed by atoms with Crippen molar-refractivity contribution in [3.8, 4) is 5.69 Å². The summed E-state index contributed by atoms with van der Waals surface area (Å²) in [5.41, 5.74) is 1.21. The van der Waals surface area contributed by atoms with Crippen molar-refractivity contribution in [2.75, 3.05) is 0 Å². The molecule has 22 heavy (non-hydrogen) atoms. The molecule has 0 aliphatic heterocycles. The van der Waals surface area contributed by atoms with Crippen molar-refractivity contribution in [2.24, 2.45) is 5.92 Å². The Bertz CT molecular complexity index is 896. The molecule has 3 aromatic rings. The van der Waals surface area contributed by atoms with Gasteiger partial charge in [-0.25, -0.2) is 4.98 Å². The van der Waals surface area contributed by atoms with Gasteiger partial charge in [-0.15, -0.1) is 0 Å². The molecule has 0 saturated heterocycles. The summed E-state index contributed by atoms with van der Waals surface area (Å²) in [5.74, 6) is 1.61. The lowest BCUT2D eigenvalue weighted by Gasteiger charge is -2.17. The summed E-state index contributed by atoms with van der Waals surface area (Å²) in [4.78, 5) is 17.8. The highest BCUT2D eigenvalue weighted by atomic mass is 35.5. The second-order valence-corrected chi connectivity index (χ2v) is 6.23. The van der Waals surface area contributed by atoms with Crippen LogP contribution in [0.3, 0.4) is 0 Å². The fraction of sp³-hybridized carbons (Fsp3) is 0.312. The van der Waals surface area contributed by atoms with Crippen molar-refractivity contribution in [1.82, 2.24) is 19.7 Å². The topological polar surface area (TPSA) is 63.6 Å². The molecular weight excluding hydrogens is 300 g/mol. The molecular formula is C16H15ClN4O. The second kappa shape index (κ2) is 4.95. The molecule has 6 heteroatoms. The number of rotatable bonds is 3. The third-order valence-electron chi connectivity index (χ3n) is 4.35. The molecule has 0 spiro atoms. The van der Waals surface area contributed by atoms with Crippen LogP contribution < -0.4 is 5.56 Å². The van der Waals surface area contributed by atoms with E-state index < -0.39 is 0 Å². The smallest absolute Gasteiger partial charge is 0.267 e. The number of halogens is 1. The van der Waals surface area contributed by atoms with Gasteiger partial charge in [-0.05, 0) is 30.9 Å². The van der Waals surface area contributed by atoms with E-state index in [-0.39, 0.29) is 11.5 Å². The zero-order valence-corrected chi connectivity index (χ0v) is 12.8. The molecule has 1 N–H and O–H groups in total. The summed E-state index contributed by atoms with van der Waals surface area (Å²) >= 11 is 6.23. The van der Waals surface area contributed by atoms with E-state index in [9.17, 15) is 4.79 Å². The van der Waals surface area contributed by atoms with Crippen LogP contribution >= 0.6 is 11.6 Å². The van der Waals surface area contributed by atoms with Crippen molar-refractivity contribution in [1.29, 1.82) is 0 Å². The first-order valence-corrected chi connectivity index (χ1v) is 7.75. The Kier molecular flexibility index (Phi) is 3.04. The molecule has 0 unspecified atom stereocenters. The monoisotopic (exact) mass is 314 g/mol. The van der Waals surface area contributed by atoms with E-state index in [0.717, 1.165) is 5.82 Å². The van der Waals surface area contributed by atoms with E-state index in [0.29, 0.717) is 27.5 Å². The van der Waals surface area contributed by atoms with Crippen LogP contribution in [0.15, 0.2) is 35.4 Å². The SMILES string of the molecule is C[C@H](c1nc2cccc(Cl)c2c(=O)n1-c1cn[nH]c1)C1CC1. The molecule has 1 aliphatic carbocycles. The number of benzene rings is 1. The maximum Gasteiger partial charge on any atom is 0.267 e. The van der Waals surface area contributed by atoms with Crippen molar-refractivity contribution in [3.63, 3.8) is 0 Å². The summed E-state index contributed by atoms with van der Waals surface area (Å²) in [6.07, 6.45) is 5.72. The van der Waals surface area contributed by atoms with Crippen LogP contribution in [0.25, 0.3) is 16.6 Å². The number of aromatic amines is 1. The van der Waals surface area contributed by atoms with E-state index in [1.165, 1.54) is 12.8 Å². The minimum absolute atomic E-state index is 0.139. The van der Waals surface area contributed by atoms with Gasteiger partial charge in [0.1, 0.15) is 5.82 Å². The third kappa shape index (κ3) is 2.04. The second-order valence-electron chi connectivity index (χ2n) is 5.83. The largest absolute Gasteiger partial charge is 0.284 e. The van der Waals surface area contributed by atoms with Gasteiger partial charge in [-0.1, -0.05) is 24.6 Å². The minimum Gasteiger partial charge on any atom is -0.284 e. The highest BCUT2D eigenvalue weighted by molar-refractivity contribution is 6.35. The van der Waals surface area contributed by atoms with E-state index in [2.05, 4.69) is 17.1 Å². The first kappa shape index (κ1) is 13.5. The molecule has 0 bridgehead atoms. The van der Waals surface area contributed by atoms with Gasteiger partial charge >= 0.3 is 0 Å². The van der Waals surface area contributed by atoms with E-state index >= 15 is 0 Å². The average Bonchev–Trinajstić information content (AvgIpc) is 3.22. The number of H-pyrrole nitrogens is 1. The molecule has 1 saturated carbocycles. The van der Waals surface area contributed by atoms with Crippen molar-refractivity contribution in [2.45, 2.75) is 25.7 Å². The molecule has 2 heterocycles. The van der Waals surface area contributed by atoms with E-state index in [1.807, 2.05) is 12.1 Å². The third-order valence-corrected chi connectivity index (χ3v) is 4.67. The van der Waals surface area contributed by atoms with Gasteiger partial charge in [0.25, 0.3) is 5.56 Å². The zero-order chi connectivity index (χ0) is 15.3. The maximum absolute atomic E-state index is 13.0. The van der Waals surface area contributed by atoms with Gasteiger partial charge < -0.3 is 0 Å². The van der Waals surface area contributed by atoms with Crippen LogP contribution in [0.2, 0.25) is 5.02 Å². The van der Waals surface area contributed by atoms with Crippen molar-refractivity contribution >= 4 is 22.5 Å². The van der Waals surface area contributed by atoms with Crippen molar-refractivity contribution < 1.29 is 0 Å². The van der Waals surface area contributed by atoms with Crippen LogP contribution in [0.5, 0.6) is 0 Å². The van der Waals surface area contributed by atoms with Crippen LogP contribution in [-0.2, 0) is 0 Å². The highest BCUT2D eigenvalue weighted by Crippen LogP contribution is 2.42. The molecule has 0 amide bonds. The first-order valence-electron chi connectivity index (χ1n) is 7.37. The predicted molar refractivity (Wildman–Crippen MR) is 85.6 cm³/mol. The summed E-state index contributed by atoms with van der Waals surface area (Å²) in [7, 11) is 0. The molecule has 1 atom stereocenters. The quantitative estimate of drug-likeness (QED) is 0.807. The van der Waals surface area contributed by atoms with Gasteiger partial charge in [-0.2, -0.15) is 5.10 Å². The van der Waals surface area contributed by atoms with Gasteiger partial charge in [0.2, 0.25) is 0 Å². The lowest BCUT2D eigenvalue weighted by atomic mass is 10.0. The Morgan fingerprint density at radius 1 is 1.41 bits per heavy atom. The van der Waals surface area contributed by atoms with Gasteiger partial charge in [0.05, 0.1) is 27.8 Å². The Balaban J connectivity index is 2.08. The molecule has 1 aromatic carbocycles. The number of aromatic nitrogens is 4.